The van der Waals surface area contributed by atoms with Gasteiger partial charge in [-0.15, -0.1) is 0 Å². The molecular weight excluding hydrogens is 222 g/mol. The Balaban J connectivity index is 1.79. The Morgan fingerprint density at radius 1 is 1.33 bits per heavy atom. The Bertz CT molecular complexity index is 319. The van der Waals surface area contributed by atoms with Crippen LogP contribution in [0.3, 0.4) is 0 Å². The quantitative estimate of drug-likeness (QED) is 0.798. The number of hydrogen-bond donors (Lipinski definition) is 1. The third kappa shape index (κ3) is 4.11. The molecule has 2 nitrogen and oxygen atoms in total. The Hall–Kier alpha value is -0.860. The molecule has 0 bridgehead atoms. The molecule has 100 valence electrons. The number of ether oxygens (including phenoxy) is 1. The highest BCUT2D eigenvalue weighted by molar-refractivity contribution is 5.19. The van der Waals surface area contributed by atoms with Crippen LogP contribution in [0.2, 0.25) is 0 Å². The van der Waals surface area contributed by atoms with Gasteiger partial charge in [0.15, 0.2) is 0 Å². The van der Waals surface area contributed by atoms with E-state index in [4.69, 9.17) is 4.74 Å². The fourth-order valence-electron chi connectivity index (χ4n) is 2.82. The minimum absolute atomic E-state index is 0.538. The summed E-state index contributed by atoms with van der Waals surface area (Å²) >= 11 is 0. The summed E-state index contributed by atoms with van der Waals surface area (Å²) in [4.78, 5) is 0. The number of hydrogen-bond acceptors (Lipinski definition) is 2. The molecule has 2 unspecified atom stereocenters. The number of nitrogens with one attached hydrogen (secondary N) is 1. The molecule has 1 aromatic carbocycles. The molecule has 1 fully saturated rings. The van der Waals surface area contributed by atoms with Crippen molar-refractivity contribution in [2.45, 2.75) is 44.1 Å². The summed E-state index contributed by atoms with van der Waals surface area (Å²) in [6, 6.07) is 10.9. The van der Waals surface area contributed by atoms with Crippen molar-refractivity contribution < 1.29 is 4.74 Å². The van der Waals surface area contributed by atoms with Crippen molar-refractivity contribution >= 4 is 0 Å². The van der Waals surface area contributed by atoms with E-state index in [-0.39, 0.29) is 0 Å². The number of rotatable bonds is 7. The SMILES string of the molecule is CNCC(CCCC1CCCO1)c1ccccc1. The lowest BCUT2D eigenvalue weighted by atomic mass is 9.92. The van der Waals surface area contributed by atoms with Gasteiger partial charge >= 0.3 is 0 Å². The first-order valence-corrected chi connectivity index (χ1v) is 7.21. The maximum Gasteiger partial charge on any atom is 0.0576 e. The lowest BCUT2D eigenvalue weighted by molar-refractivity contribution is 0.101. The Kier molecular flexibility index (Phi) is 5.69. The van der Waals surface area contributed by atoms with Crippen LogP contribution in [0.15, 0.2) is 30.3 Å². The van der Waals surface area contributed by atoms with Crippen LogP contribution in [0, 0.1) is 0 Å². The molecule has 2 atom stereocenters. The molecule has 2 heteroatoms. The second kappa shape index (κ2) is 7.55. The molecular formula is C16H25NO. The Morgan fingerprint density at radius 3 is 2.83 bits per heavy atom. The van der Waals surface area contributed by atoms with Crippen LogP contribution < -0.4 is 5.32 Å². The minimum Gasteiger partial charge on any atom is -0.378 e. The van der Waals surface area contributed by atoms with Crippen LogP contribution in [-0.4, -0.2) is 26.3 Å². The van der Waals surface area contributed by atoms with Gasteiger partial charge in [0.25, 0.3) is 0 Å². The van der Waals surface area contributed by atoms with Crippen LogP contribution in [0.4, 0.5) is 0 Å². The van der Waals surface area contributed by atoms with Gasteiger partial charge in [-0.25, -0.2) is 0 Å². The number of benzene rings is 1. The molecule has 0 radical (unpaired) electrons. The van der Waals surface area contributed by atoms with E-state index in [9.17, 15) is 0 Å². The van der Waals surface area contributed by atoms with Crippen LogP contribution in [-0.2, 0) is 4.74 Å². The second-order valence-corrected chi connectivity index (χ2v) is 5.23. The summed E-state index contributed by atoms with van der Waals surface area (Å²) in [5.41, 5.74) is 1.46. The first-order valence-electron chi connectivity index (χ1n) is 7.21. The van der Waals surface area contributed by atoms with Crippen molar-refractivity contribution in [1.82, 2.24) is 5.32 Å². The largest absolute Gasteiger partial charge is 0.378 e. The van der Waals surface area contributed by atoms with Gasteiger partial charge in [0.2, 0.25) is 0 Å². The third-order valence-electron chi connectivity index (χ3n) is 3.82. The van der Waals surface area contributed by atoms with E-state index in [2.05, 4.69) is 35.6 Å². The summed E-state index contributed by atoms with van der Waals surface area (Å²) in [7, 11) is 2.04. The van der Waals surface area contributed by atoms with Crippen LogP contribution in [0.25, 0.3) is 0 Å². The smallest absolute Gasteiger partial charge is 0.0576 e. The van der Waals surface area contributed by atoms with Gasteiger partial charge in [0.05, 0.1) is 6.10 Å². The normalized spacial score (nSPS) is 21.1. The van der Waals surface area contributed by atoms with E-state index >= 15 is 0 Å². The monoisotopic (exact) mass is 247 g/mol. The van der Waals surface area contributed by atoms with Gasteiger partial charge in [0, 0.05) is 13.2 Å². The first kappa shape index (κ1) is 13.6. The van der Waals surface area contributed by atoms with Crippen molar-refractivity contribution in [1.29, 1.82) is 0 Å². The molecule has 1 aromatic rings. The van der Waals surface area contributed by atoms with Crippen molar-refractivity contribution in [3.8, 4) is 0 Å². The summed E-state index contributed by atoms with van der Waals surface area (Å²) in [5, 5.41) is 3.31. The number of likely N-dealkylation sites (N-methyl/N-ethyl adjacent to an activating group) is 1. The predicted octanol–water partition coefficient (Wildman–Crippen LogP) is 3.34. The molecule has 0 saturated carbocycles. The summed E-state index contributed by atoms with van der Waals surface area (Å²) in [5.74, 6) is 0.637. The topological polar surface area (TPSA) is 21.3 Å². The maximum atomic E-state index is 5.68. The third-order valence-corrected chi connectivity index (χ3v) is 3.82. The van der Waals surface area contributed by atoms with Crippen molar-refractivity contribution in [2.75, 3.05) is 20.2 Å². The highest BCUT2D eigenvalue weighted by Crippen LogP contribution is 2.24. The molecule has 2 rings (SSSR count). The van der Waals surface area contributed by atoms with Crippen molar-refractivity contribution in [3.05, 3.63) is 35.9 Å². The van der Waals surface area contributed by atoms with E-state index in [1.807, 2.05) is 7.05 Å². The zero-order valence-corrected chi connectivity index (χ0v) is 11.4. The van der Waals surface area contributed by atoms with Gasteiger partial charge in [-0.1, -0.05) is 36.8 Å². The van der Waals surface area contributed by atoms with Gasteiger partial charge in [-0.2, -0.15) is 0 Å². The molecule has 0 aliphatic carbocycles. The lowest BCUT2D eigenvalue weighted by Crippen LogP contribution is -2.17. The van der Waals surface area contributed by atoms with E-state index in [0.717, 1.165) is 13.2 Å². The maximum absolute atomic E-state index is 5.68. The van der Waals surface area contributed by atoms with Crippen molar-refractivity contribution in [3.63, 3.8) is 0 Å². The average Bonchev–Trinajstić information content (AvgIpc) is 2.92. The van der Waals surface area contributed by atoms with Gasteiger partial charge < -0.3 is 10.1 Å². The van der Waals surface area contributed by atoms with Crippen LogP contribution in [0.5, 0.6) is 0 Å². The molecule has 1 heterocycles. The highest BCUT2D eigenvalue weighted by atomic mass is 16.5. The second-order valence-electron chi connectivity index (χ2n) is 5.23. The summed E-state index contributed by atoms with van der Waals surface area (Å²) in [6.07, 6.45) is 6.81. The molecule has 1 saturated heterocycles. The van der Waals surface area contributed by atoms with Gasteiger partial charge in [-0.3, -0.25) is 0 Å². The molecule has 0 aromatic heterocycles. The minimum atomic E-state index is 0.538. The highest BCUT2D eigenvalue weighted by Gasteiger charge is 2.16. The zero-order chi connectivity index (χ0) is 12.6. The van der Waals surface area contributed by atoms with E-state index in [0.29, 0.717) is 12.0 Å². The first-order chi connectivity index (χ1) is 8.90. The average molecular weight is 247 g/mol. The van der Waals surface area contributed by atoms with Gasteiger partial charge in [-0.05, 0) is 44.2 Å². The molecule has 0 amide bonds. The van der Waals surface area contributed by atoms with E-state index in [1.165, 1.54) is 37.7 Å². The van der Waals surface area contributed by atoms with Crippen LogP contribution in [0.1, 0.15) is 43.6 Å². The molecule has 0 spiro atoms. The summed E-state index contributed by atoms with van der Waals surface area (Å²) in [6.45, 7) is 2.04. The Morgan fingerprint density at radius 2 is 2.17 bits per heavy atom. The standard InChI is InChI=1S/C16H25NO/c1-17-13-15(14-7-3-2-4-8-14)9-5-10-16-11-6-12-18-16/h2-4,7-8,15-17H,5-6,9-13H2,1H3. The lowest BCUT2D eigenvalue weighted by Gasteiger charge is -2.18. The fourth-order valence-corrected chi connectivity index (χ4v) is 2.82. The fraction of sp³-hybridized carbons (Fsp3) is 0.625. The Labute approximate surface area is 111 Å². The zero-order valence-electron chi connectivity index (χ0n) is 11.4. The molecule has 1 N–H and O–H groups in total. The molecule has 1 aliphatic heterocycles. The van der Waals surface area contributed by atoms with Crippen molar-refractivity contribution in [2.24, 2.45) is 0 Å². The molecule has 18 heavy (non-hydrogen) atoms. The van der Waals surface area contributed by atoms with E-state index < -0.39 is 0 Å². The van der Waals surface area contributed by atoms with Gasteiger partial charge in [0.1, 0.15) is 0 Å². The van der Waals surface area contributed by atoms with E-state index in [1.54, 1.807) is 0 Å². The predicted molar refractivity (Wildman–Crippen MR) is 75.9 cm³/mol. The molecule has 1 aliphatic rings. The van der Waals surface area contributed by atoms with Crippen LogP contribution >= 0.6 is 0 Å². The summed E-state index contributed by atoms with van der Waals surface area (Å²) < 4.78 is 5.68.